The molecule has 6 rings (SSSR count). The number of hydrogen-bond donors (Lipinski definition) is 5. The lowest BCUT2D eigenvalue weighted by Gasteiger charge is -2.53. The summed E-state index contributed by atoms with van der Waals surface area (Å²) in [5, 5.41) is 55.8. The lowest BCUT2D eigenvalue weighted by molar-refractivity contribution is -0.206. The van der Waals surface area contributed by atoms with Crippen LogP contribution >= 0.6 is 0 Å². The van der Waals surface area contributed by atoms with E-state index in [2.05, 4.69) is 4.99 Å². The number of carbonyl (C=O) groups excluding carboxylic acids is 5. The topological polar surface area (TPSA) is 245 Å². The fourth-order valence-electron chi connectivity index (χ4n) is 8.45. The van der Waals surface area contributed by atoms with E-state index in [1.54, 1.807) is 6.92 Å². The van der Waals surface area contributed by atoms with Crippen LogP contribution in [0, 0.1) is 12.8 Å². The Bertz CT molecular complexity index is 1950. The summed E-state index contributed by atoms with van der Waals surface area (Å²) in [5.41, 5.74) is -8.44. The molecule has 5 N–H and O–H groups in total. The standard InChI is InChI=1S/C36H39NO15/c1-13-7-15-8-22(41)36(51-6)32(45)25-17(31(44)35(36,47)26(15)18(11-38)23(13)34(46)50-5)9-16-24(30(25)49-4)21(40)10-20(27(16)42)37-33-19(12-39)28(43)29(48-3)14(2)52-33/h7,9,14,19,22,28-29,33,38-39,41,43,47H,8,10-12H2,1-6H3/t14-,19+,22+,28-,29-,33?,35-,36+/m0/s1. The van der Waals surface area contributed by atoms with Crippen molar-refractivity contribution in [3.63, 3.8) is 0 Å². The number of aryl methyl sites for hydroxylation is 1. The van der Waals surface area contributed by atoms with Crippen molar-refractivity contribution in [2.24, 2.45) is 10.9 Å². The van der Waals surface area contributed by atoms with E-state index < -0.39 is 119 Å². The lowest BCUT2D eigenvalue weighted by Crippen LogP contribution is -2.73. The molecule has 16 heteroatoms. The summed E-state index contributed by atoms with van der Waals surface area (Å²) >= 11 is 0. The molecule has 3 aliphatic carbocycles. The second-order valence-corrected chi connectivity index (χ2v) is 13.3. The quantitative estimate of drug-likeness (QED) is 0.232. The molecule has 0 radical (unpaired) electrons. The van der Waals surface area contributed by atoms with Crippen molar-refractivity contribution in [3.8, 4) is 5.75 Å². The van der Waals surface area contributed by atoms with Gasteiger partial charge in [-0.2, -0.15) is 0 Å². The third-order valence-electron chi connectivity index (χ3n) is 10.8. The van der Waals surface area contributed by atoms with Gasteiger partial charge in [-0.1, -0.05) is 6.07 Å². The first-order chi connectivity index (χ1) is 24.6. The molecule has 1 aliphatic heterocycles. The molecule has 0 aromatic heterocycles. The van der Waals surface area contributed by atoms with E-state index in [4.69, 9.17) is 23.7 Å². The van der Waals surface area contributed by atoms with Crippen LogP contribution in [-0.4, -0.2) is 132 Å². The molecule has 8 atom stereocenters. The van der Waals surface area contributed by atoms with Crippen molar-refractivity contribution in [2.45, 2.75) is 75.1 Å². The van der Waals surface area contributed by atoms with Gasteiger partial charge in [0, 0.05) is 37.3 Å². The molecular weight excluding hydrogens is 686 g/mol. The summed E-state index contributed by atoms with van der Waals surface area (Å²) in [6, 6.07) is 2.38. The third kappa shape index (κ3) is 4.83. The molecule has 1 heterocycles. The minimum Gasteiger partial charge on any atom is -0.495 e. The summed E-state index contributed by atoms with van der Waals surface area (Å²) in [7, 11) is 4.55. The Labute approximate surface area is 296 Å². The van der Waals surface area contributed by atoms with E-state index in [9.17, 15) is 49.5 Å². The van der Waals surface area contributed by atoms with Crippen molar-refractivity contribution in [2.75, 3.05) is 35.0 Å². The van der Waals surface area contributed by atoms with Crippen molar-refractivity contribution in [3.05, 3.63) is 62.2 Å². The molecule has 4 aliphatic rings. The molecule has 1 unspecified atom stereocenters. The normalized spacial score (nSPS) is 31.9. The first kappa shape index (κ1) is 37.5. The Morgan fingerprint density at radius 2 is 1.71 bits per heavy atom. The van der Waals surface area contributed by atoms with Gasteiger partial charge in [0.2, 0.25) is 17.3 Å². The summed E-state index contributed by atoms with van der Waals surface area (Å²) in [4.78, 5) is 74.8. The highest BCUT2D eigenvalue weighted by atomic mass is 16.6. The number of ketones is 4. The predicted octanol–water partition coefficient (Wildman–Crippen LogP) is -0.209. The predicted molar refractivity (Wildman–Crippen MR) is 176 cm³/mol. The Morgan fingerprint density at radius 1 is 1.02 bits per heavy atom. The zero-order chi connectivity index (χ0) is 38.2. The minimum absolute atomic E-state index is 0.130. The van der Waals surface area contributed by atoms with Gasteiger partial charge in [0.25, 0.3) is 0 Å². The second kappa shape index (κ2) is 13.3. The fourth-order valence-corrected chi connectivity index (χ4v) is 8.45. The second-order valence-electron chi connectivity index (χ2n) is 13.3. The average molecular weight is 726 g/mol. The van der Waals surface area contributed by atoms with E-state index in [1.807, 2.05) is 0 Å². The van der Waals surface area contributed by atoms with Crippen LogP contribution in [0.15, 0.2) is 17.1 Å². The number of carbonyl (C=O) groups is 5. The smallest absolute Gasteiger partial charge is 0.338 e. The van der Waals surface area contributed by atoms with Gasteiger partial charge < -0.3 is 49.2 Å². The highest BCUT2D eigenvalue weighted by Crippen LogP contribution is 2.55. The molecule has 2 aromatic rings. The van der Waals surface area contributed by atoms with Crippen LogP contribution in [0.3, 0.4) is 0 Å². The molecule has 1 fully saturated rings. The van der Waals surface area contributed by atoms with E-state index >= 15 is 0 Å². The van der Waals surface area contributed by atoms with Gasteiger partial charge in [0.1, 0.15) is 11.9 Å². The highest BCUT2D eigenvalue weighted by molar-refractivity contribution is 6.53. The van der Waals surface area contributed by atoms with Gasteiger partial charge in [0.15, 0.2) is 23.2 Å². The van der Waals surface area contributed by atoms with Gasteiger partial charge in [-0.3, -0.25) is 24.2 Å². The Kier molecular flexibility index (Phi) is 9.59. The SMILES string of the molecule is COC(=O)c1c(C)cc2c(c1CO)[C@]1(O)C(=O)c3cc4c(c(OC)c3C(=O)[C@]1(OC)[C@H](O)C2)C(=O)CC(=NC1O[C@@H](C)[C@H](OC)[C@@H](O)[C@H]1CO)C4=O. The lowest BCUT2D eigenvalue weighted by atomic mass is 9.56. The number of fused-ring (bicyclic) bond motifs is 5. The summed E-state index contributed by atoms with van der Waals surface area (Å²) < 4.78 is 27.2. The largest absolute Gasteiger partial charge is 0.495 e. The first-order valence-corrected chi connectivity index (χ1v) is 16.4. The van der Waals surface area contributed by atoms with Gasteiger partial charge in [0.05, 0.1) is 80.5 Å². The molecule has 1 saturated heterocycles. The summed E-state index contributed by atoms with van der Waals surface area (Å²) in [6.07, 6.45) is -6.90. The zero-order valence-electron chi connectivity index (χ0n) is 29.2. The van der Waals surface area contributed by atoms with Crippen LogP contribution in [0.2, 0.25) is 0 Å². The molecule has 0 spiro atoms. The first-order valence-electron chi connectivity index (χ1n) is 16.4. The number of methoxy groups -OCH3 is 4. The number of Topliss-reactive ketones (excluding diaryl/α,β-unsaturated/α-hetero) is 4. The maximum Gasteiger partial charge on any atom is 0.338 e. The molecule has 0 amide bonds. The van der Waals surface area contributed by atoms with E-state index in [-0.39, 0.29) is 39.9 Å². The van der Waals surface area contributed by atoms with Crippen LogP contribution in [0.1, 0.15) is 87.4 Å². The van der Waals surface area contributed by atoms with Gasteiger partial charge in [-0.25, -0.2) is 4.79 Å². The average Bonchev–Trinajstić information content (AvgIpc) is 3.11. The number of esters is 1. The fraction of sp³-hybridized carbons (Fsp3) is 0.500. The molecule has 278 valence electrons. The maximum absolute atomic E-state index is 14.9. The molecule has 2 aromatic carbocycles. The monoisotopic (exact) mass is 725 g/mol. The van der Waals surface area contributed by atoms with E-state index in [0.717, 1.165) is 27.4 Å². The Hall–Kier alpha value is -4.26. The molecule has 0 bridgehead atoms. The number of hydrogen-bond acceptors (Lipinski definition) is 16. The van der Waals surface area contributed by atoms with Crippen LogP contribution in [0.25, 0.3) is 0 Å². The highest BCUT2D eigenvalue weighted by Gasteiger charge is 2.72. The van der Waals surface area contributed by atoms with Gasteiger partial charge in [-0.05, 0) is 36.6 Å². The summed E-state index contributed by atoms with van der Waals surface area (Å²) in [5.74, 6) is -6.46. The van der Waals surface area contributed by atoms with Gasteiger partial charge in [-0.15, -0.1) is 0 Å². The van der Waals surface area contributed by atoms with Crippen molar-refractivity contribution >= 4 is 34.8 Å². The van der Waals surface area contributed by atoms with Crippen LogP contribution in [0.5, 0.6) is 5.75 Å². The van der Waals surface area contributed by atoms with Crippen molar-refractivity contribution in [1.82, 2.24) is 0 Å². The molecule has 16 nitrogen and oxygen atoms in total. The Balaban J connectivity index is 1.59. The van der Waals surface area contributed by atoms with E-state index in [0.29, 0.717) is 5.56 Å². The molecule has 52 heavy (non-hydrogen) atoms. The van der Waals surface area contributed by atoms with Crippen LogP contribution in [0.4, 0.5) is 0 Å². The number of rotatable bonds is 7. The maximum atomic E-state index is 14.9. The molecular formula is C36H39NO15. The number of benzene rings is 2. The number of ether oxygens (including phenoxy) is 5. The number of aliphatic hydroxyl groups excluding tert-OH is 4. The van der Waals surface area contributed by atoms with Crippen molar-refractivity contribution < 1.29 is 73.2 Å². The zero-order valence-corrected chi connectivity index (χ0v) is 29.2. The van der Waals surface area contributed by atoms with E-state index in [1.165, 1.54) is 20.1 Å². The third-order valence-corrected chi connectivity index (χ3v) is 10.8. The number of nitrogens with zero attached hydrogens (tertiary/aromatic N) is 1. The minimum atomic E-state index is -3.10. The van der Waals surface area contributed by atoms with Crippen LogP contribution < -0.4 is 4.74 Å². The van der Waals surface area contributed by atoms with Gasteiger partial charge >= 0.3 is 5.97 Å². The van der Waals surface area contributed by atoms with Crippen molar-refractivity contribution in [1.29, 1.82) is 0 Å². The molecule has 0 saturated carbocycles. The number of aliphatic hydroxyl groups is 5. The Morgan fingerprint density at radius 3 is 2.29 bits per heavy atom. The number of aliphatic imine (C=N–C) groups is 1. The summed E-state index contributed by atoms with van der Waals surface area (Å²) in [6.45, 7) is 1.62. The van der Waals surface area contributed by atoms with Crippen LogP contribution in [-0.2, 0) is 37.6 Å².